The van der Waals surface area contributed by atoms with E-state index in [-0.39, 0.29) is 0 Å². The molecule has 1 atom stereocenters. The molecule has 3 aliphatic rings. The van der Waals surface area contributed by atoms with Crippen molar-refractivity contribution in [3.05, 3.63) is 0 Å². The van der Waals surface area contributed by atoms with E-state index in [2.05, 4.69) is 11.2 Å². The van der Waals surface area contributed by atoms with Gasteiger partial charge in [0, 0.05) is 12.6 Å². The minimum atomic E-state index is 0.636. The molecule has 2 fully saturated rings. The van der Waals surface area contributed by atoms with Crippen molar-refractivity contribution in [1.29, 1.82) is 0 Å². The van der Waals surface area contributed by atoms with Gasteiger partial charge in [0.1, 0.15) is 0 Å². The summed E-state index contributed by atoms with van der Waals surface area (Å²) in [5.41, 5.74) is 0. The van der Waals surface area contributed by atoms with Gasteiger partial charge in [-0.15, -0.1) is 0 Å². The highest BCUT2D eigenvalue weighted by Gasteiger charge is 2.30. The second-order valence-corrected chi connectivity index (χ2v) is 6.22. The predicted octanol–water partition coefficient (Wildman–Crippen LogP) is 3.61. The molecule has 0 aromatic heterocycles. The van der Waals surface area contributed by atoms with Crippen LogP contribution in [-0.4, -0.2) is 29.9 Å². The molecule has 0 aromatic carbocycles. The van der Waals surface area contributed by atoms with Crippen LogP contribution in [0.5, 0.6) is 0 Å². The normalized spacial score (nSPS) is 32.2. The summed E-state index contributed by atoms with van der Waals surface area (Å²) in [5.74, 6) is 0.897. The molecule has 2 nitrogen and oxygen atoms in total. The number of rotatable bonds is 2. The van der Waals surface area contributed by atoms with Crippen LogP contribution in [-0.2, 0) is 0 Å². The molecular weight excluding hydrogens is 208 g/mol. The van der Waals surface area contributed by atoms with E-state index < -0.39 is 0 Å². The molecule has 0 N–H and O–H groups in total. The second kappa shape index (κ2) is 5.41. The molecule has 0 bridgehead atoms. The molecule has 2 heteroatoms. The van der Waals surface area contributed by atoms with E-state index in [1.165, 1.54) is 70.8 Å². The maximum Gasteiger partial charge on any atom is 0.0857 e. The van der Waals surface area contributed by atoms with E-state index in [4.69, 9.17) is 4.99 Å². The molecule has 3 rings (SSSR count). The van der Waals surface area contributed by atoms with Crippen molar-refractivity contribution in [2.24, 2.45) is 10.9 Å². The van der Waals surface area contributed by atoms with Crippen LogP contribution in [0.15, 0.2) is 4.99 Å². The summed E-state index contributed by atoms with van der Waals surface area (Å²) in [4.78, 5) is 7.38. The van der Waals surface area contributed by atoms with Crippen LogP contribution in [0.1, 0.15) is 64.2 Å². The first kappa shape index (κ1) is 11.6. The fraction of sp³-hybridized carbons (Fsp3) is 0.933. The van der Waals surface area contributed by atoms with Crippen LogP contribution in [0, 0.1) is 5.92 Å². The molecule has 2 saturated carbocycles. The lowest BCUT2D eigenvalue weighted by Gasteiger charge is -2.32. The first-order valence-corrected chi connectivity index (χ1v) is 7.72. The van der Waals surface area contributed by atoms with Crippen LogP contribution in [0.4, 0.5) is 0 Å². The standard InChI is InChI=1S/C15H26N2/c1-3-7-13(8-4-1)15-11-17(12-16-15)14-9-5-2-6-10-14/h12-15H,1-11H2. The Bertz CT molecular complexity index is 236. The first-order chi connectivity index (χ1) is 8.43. The molecule has 2 aliphatic carbocycles. The van der Waals surface area contributed by atoms with Gasteiger partial charge < -0.3 is 4.90 Å². The zero-order valence-corrected chi connectivity index (χ0v) is 11.0. The molecule has 0 aromatic rings. The lowest BCUT2D eigenvalue weighted by molar-refractivity contribution is 0.225. The summed E-state index contributed by atoms with van der Waals surface area (Å²) in [7, 11) is 0. The smallest absolute Gasteiger partial charge is 0.0857 e. The maximum absolute atomic E-state index is 4.82. The second-order valence-electron chi connectivity index (χ2n) is 6.22. The summed E-state index contributed by atoms with van der Waals surface area (Å²) in [6.07, 6.45) is 16.5. The summed E-state index contributed by atoms with van der Waals surface area (Å²) in [6.45, 7) is 1.23. The molecule has 1 unspecified atom stereocenters. The van der Waals surface area contributed by atoms with E-state index in [1.54, 1.807) is 0 Å². The van der Waals surface area contributed by atoms with Crippen molar-refractivity contribution >= 4 is 6.34 Å². The van der Waals surface area contributed by atoms with E-state index >= 15 is 0 Å². The Morgan fingerprint density at radius 2 is 1.47 bits per heavy atom. The zero-order valence-electron chi connectivity index (χ0n) is 11.0. The maximum atomic E-state index is 4.82. The molecule has 1 aliphatic heterocycles. The van der Waals surface area contributed by atoms with Gasteiger partial charge in [-0.1, -0.05) is 38.5 Å². The highest BCUT2D eigenvalue weighted by molar-refractivity contribution is 5.58. The Kier molecular flexibility index (Phi) is 3.68. The lowest BCUT2D eigenvalue weighted by atomic mass is 9.84. The summed E-state index contributed by atoms with van der Waals surface area (Å²) in [5, 5.41) is 0. The van der Waals surface area contributed by atoms with Gasteiger partial charge in [0.25, 0.3) is 0 Å². The van der Waals surface area contributed by atoms with Crippen molar-refractivity contribution in [1.82, 2.24) is 4.90 Å². The van der Waals surface area contributed by atoms with Crippen molar-refractivity contribution in [3.8, 4) is 0 Å². The van der Waals surface area contributed by atoms with Crippen molar-refractivity contribution in [2.75, 3.05) is 6.54 Å². The fourth-order valence-corrected chi connectivity index (χ4v) is 3.93. The fourth-order valence-electron chi connectivity index (χ4n) is 3.93. The molecule has 0 radical (unpaired) electrons. The summed E-state index contributed by atoms with van der Waals surface area (Å²) >= 11 is 0. The quantitative estimate of drug-likeness (QED) is 0.712. The van der Waals surface area contributed by atoms with Crippen LogP contribution in [0.3, 0.4) is 0 Å². The van der Waals surface area contributed by atoms with Gasteiger partial charge in [-0.25, -0.2) is 0 Å². The van der Waals surface area contributed by atoms with Gasteiger partial charge in [0.15, 0.2) is 0 Å². The van der Waals surface area contributed by atoms with E-state index in [9.17, 15) is 0 Å². The third kappa shape index (κ3) is 2.66. The van der Waals surface area contributed by atoms with Gasteiger partial charge in [0.05, 0.1) is 12.4 Å². The number of hydrogen-bond donors (Lipinski definition) is 0. The van der Waals surface area contributed by atoms with Gasteiger partial charge in [-0.2, -0.15) is 0 Å². The molecule has 96 valence electrons. The minimum Gasteiger partial charge on any atom is -0.358 e. The monoisotopic (exact) mass is 234 g/mol. The lowest BCUT2D eigenvalue weighted by Crippen LogP contribution is -2.37. The molecule has 17 heavy (non-hydrogen) atoms. The largest absolute Gasteiger partial charge is 0.358 e. The first-order valence-electron chi connectivity index (χ1n) is 7.72. The average Bonchev–Trinajstić information content (AvgIpc) is 2.90. The number of aliphatic imine (C=N–C) groups is 1. The predicted molar refractivity (Wildman–Crippen MR) is 72.4 cm³/mol. The Balaban J connectivity index is 1.52. The molecular formula is C15H26N2. The van der Waals surface area contributed by atoms with Crippen LogP contribution in [0.2, 0.25) is 0 Å². The third-order valence-corrected chi connectivity index (χ3v) is 5.04. The molecule has 0 spiro atoms. The van der Waals surface area contributed by atoms with Crippen molar-refractivity contribution in [3.63, 3.8) is 0 Å². The average molecular weight is 234 g/mol. The SMILES string of the molecule is C1=NC(C2CCCCC2)CN1C1CCCCC1. The Labute approximate surface area is 105 Å². The van der Waals surface area contributed by atoms with Crippen LogP contribution >= 0.6 is 0 Å². The summed E-state index contributed by atoms with van der Waals surface area (Å²) in [6, 6.07) is 1.46. The number of nitrogens with zero attached hydrogens (tertiary/aromatic N) is 2. The Hall–Kier alpha value is -0.530. The zero-order chi connectivity index (χ0) is 11.5. The highest BCUT2D eigenvalue weighted by Crippen LogP contribution is 2.31. The third-order valence-electron chi connectivity index (χ3n) is 5.04. The molecule has 0 amide bonds. The minimum absolute atomic E-state index is 0.636. The summed E-state index contributed by atoms with van der Waals surface area (Å²) < 4.78 is 0. The van der Waals surface area contributed by atoms with Crippen molar-refractivity contribution < 1.29 is 0 Å². The number of hydrogen-bond acceptors (Lipinski definition) is 2. The van der Waals surface area contributed by atoms with E-state index in [0.717, 1.165) is 12.0 Å². The van der Waals surface area contributed by atoms with Gasteiger partial charge in [-0.3, -0.25) is 4.99 Å². The Morgan fingerprint density at radius 3 is 2.18 bits per heavy atom. The van der Waals surface area contributed by atoms with Crippen molar-refractivity contribution in [2.45, 2.75) is 76.3 Å². The van der Waals surface area contributed by atoms with Crippen LogP contribution in [0.25, 0.3) is 0 Å². The molecule has 0 saturated heterocycles. The van der Waals surface area contributed by atoms with E-state index in [1.807, 2.05) is 0 Å². The molecule has 1 heterocycles. The van der Waals surface area contributed by atoms with Gasteiger partial charge in [-0.05, 0) is 31.6 Å². The Morgan fingerprint density at radius 1 is 0.824 bits per heavy atom. The van der Waals surface area contributed by atoms with Gasteiger partial charge in [0.2, 0.25) is 0 Å². The van der Waals surface area contributed by atoms with Gasteiger partial charge >= 0.3 is 0 Å². The topological polar surface area (TPSA) is 15.6 Å². The van der Waals surface area contributed by atoms with Crippen LogP contribution < -0.4 is 0 Å². The van der Waals surface area contributed by atoms with E-state index in [0.29, 0.717) is 6.04 Å². The highest BCUT2D eigenvalue weighted by atomic mass is 15.2.